The number of nitrogens with zero attached hydrogens (tertiary/aromatic N) is 2. The fourth-order valence-corrected chi connectivity index (χ4v) is 2.24. The molecule has 2 heterocycles. The highest BCUT2D eigenvalue weighted by Gasteiger charge is 2.37. The molecule has 0 N–H and O–H groups in total. The molecule has 1 unspecified atom stereocenters. The molecule has 18 heavy (non-hydrogen) atoms. The van der Waals surface area contributed by atoms with E-state index in [4.69, 9.17) is 4.74 Å². The summed E-state index contributed by atoms with van der Waals surface area (Å²) in [4.78, 5) is 12.1. The molecule has 5 heteroatoms. The zero-order chi connectivity index (χ0) is 12.5. The van der Waals surface area contributed by atoms with Gasteiger partial charge in [0.1, 0.15) is 11.7 Å². The van der Waals surface area contributed by atoms with Gasteiger partial charge in [-0.15, -0.1) is 0 Å². The van der Waals surface area contributed by atoms with Crippen molar-refractivity contribution in [2.45, 2.75) is 13.0 Å². The van der Waals surface area contributed by atoms with Crippen molar-refractivity contribution in [2.75, 3.05) is 13.2 Å². The SMILES string of the molecule is O=C1C2COCCC2=NN1Cc1ccc(F)cc1. The summed E-state index contributed by atoms with van der Waals surface area (Å²) < 4.78 is 18.1. The number of halogens is 1. The first-order valence-corrected chi connectivity index (χ1v) is 5.95. The van der Waals surface area contributed by atoms with Gasteiger partial charge in [-0.2, -0.15) is 5.10 Å². The van der Waals surface area contributed by atoms with Crippen LogP contribution >= 0.6 is 0 Å². The lowest BCUT2D eigenvalue weighted by atomic mass is 10.0. The number of carbonyl (C=O) groups excluding carboxylic acids is 1. The highest BCUT2D eigenvalue weighted by atomic mass is 19.1. The maximum absolute atomic E-state index is 12.8. The Bertz CT molecular complexity index is 498. The molecule has 1 saturated heterocycles. The predicted octanol–water partition coefficient (Wildman–Crippen LogP) is 1.56. The molecular weight excluding hydrogens is 235 g/mol. The Labute approximate surface area is 104 Å². The van der Waals surface area contributed by atoms with E-state index in [1.807, 2.05) is 0 Å². The fraction of sp³-hybridized carbons (Fsp3) is 0.385. The van der Waals surface area contributed by atoms with Gasteiger partial charge in [0.2, 0.25) is 0 Å². The Morgan fingerprint density at radius 2 is 2.17 bits per heavy atom. The normalized spacial score (nSPS) is 22.9. The highest BCUT2D eigenvalue weighted by Crippen LogP contribution is 2.23. The zero-order valence-electron chi connectivity index (χ0n) is 9.80. The van der Waals surface area contributed by atoms with Gasteiger partial charge in [0, 0.05) is 6.42 Å². The van der Waals surface area contributed by atoms with Crippen LogP contribution in [-0.2, 0) is 16.1 Å². The van der Waals surface area contributed by atoms with Crippen LogP contribution < -0.4 is 0 Å². The number of amides is 1. The molecule has 4 nitrogen and oxygen atoms in total. The number of fused-ring (bicyclic) bond motifs is 1. The fourth-order valence-electron chi connectivity index (χ4n) is 2.24. The van der Waals surface area contributed by atoms with E-state index in [0.717, 1.165) is 17.7 Å². The monoisotopic (exact) mass is 248 g/mol. The van der Waals surface area contributed by atoms with Crippen molar-refractivity contribution in [3.63, 3.8) is 0 Å². The van der Waals surface area contributed by atoms with Gasteiger partial charge in [-0.05, 0) is 17.7 Å². The van der Waals surface area contributed by atoms with Crippen molar-refractivity contribution in [3.8, 4) is 0 Å². The zero-order valence-corrected chi connectivity index (χ0v) is 9.80. The first-order chi connectivity index (χ1) is 8.74. The number of benzene rings is 1. The van der Waals surface area contributed by atoms with Gasteiger partial charge < -0.3 is 4.74 Å². The minimum absolute atomic E-state index is 0.0194. The lowest BCUT2D eigenvalue weighted by molar-refractivity contribution is -0.134. The van der Waals surface area contributed by atoms with Gasteiger partial charge in [0.05, 0.1) is 25.5 Å². The predicted molar refractivity (Wildman–Crippen MR) is 63.3 cm³/mol. The lowest BCUT2D eigenvalue weighted by Crippen LogP contribution is -2.33. The molecule has 0 saturated carbocycles. The number of rotatable bonds is 2. The maximum Gasteiger partial charge on any atom is 0.254 e. The van der Waals surface area contributed by atoms with Crippen LogP contribution in [0, 0.1) is 11.7 Å². The molecule has 1 fully saturated rings. The average molecular weight is 248 g/mol. The summed E-state index contributed by atoms with van der Waals surface area (Å²) in [6.45, 7) is 1.45. The molecule has 0 aliphatic carbocycles. The van der Waals surface area contributed by atoms with Crippen LogP contribution in [0.15, 0.2) is 29.4 Å². The summed E-state index contributed by atoms with van der Waals surface area (Å²) in [5.41, 5.74) is 1.78. The van der Waals surface area contributed by atoms with E-state index in [1.54, 1.807) is 12.1 Å². The average Bonchev–Trinajstić information content (AvgIpc) is 2.70. The quantitative estimate of drug-likeness (QED) is 0.797. The van der Waals surface area contributed by atoms with Crippen molar-refractivity contribution < 1.29 is 13.9 Å². The van der Waals surface area contributed by atoms with Gasteiger partial charge >= 0.3 is 0 Å². The topological polar surface area (TPSA) is 41.9 Å². The maximum atomic E-state index is 12.8. The van der Waals surface area contributed by atoms with E-state index in [0.29, 0.717) is 19.8 Å². The van der Waals surface area contributed by atoms with E-state index < -0.39 is 0 Å². The molecule has 1 aromatic rings. The van der Waals surface area contributed by atoms with Gasteiger partial charge in [-0.3, -0.25) is 4.79 Å². The molecule has 0 bridgehead atoms. The third kappa shape index (κ3) is 2.01. The molecule has 3 rings (SSSR count). The van der Waals surface area contributed by atoms with Gasteiger partial charge in [-0.1, -0.05) is 12.1 Å². The Kier molecular flexibility index (Phi) is 2.83. The molecule has 2 aliphatic rings. The summed E-state index contributed by atoms with van der Waals surface area (Å²) in [6.07, 6.45) is 0.719. The second kappa shape index (κ2) is 4.49. The minimum Gasteiger partial charge on any atom is -0.380 e. The van der Waals surface area contributed by atoms with Crippen LogP contribution in [0.2, 0.25) is 0 Å². The van der Waals surface area contributed by atoms with E-state index in [1.165, 1.54) is 17.1 Å². The van der Waals surface area contributed by atoms with E-state index in [2.05, 4.69) is 5.10 Å². The van der Waals surface area contributed by atoms with E-state index in [-0.39, 0.29) is 17.6 Å². The summed E-state index contributed by atoms with van der Waals surface area (Å²) >= 11 is 0. The van der Waals surface area contributed by atoms with Crippen LogP contribution in [0.1, 0.15) is 12.0 Å². The molecular formula is C13H13FN2O2. The minimum atomic E-state index is -0.278. The molecule has 1 aromatic carbocycles. The van der Waals surface area contributed by atoms with Gasteiger partial charge in [-0.25, -0.2) is 9.40 Å². The summed E-state index contributed by atoms with van der Waals surface area (Å²) in [5.74, 6) is -0.506. The highest BCUT2D eigenvalue weighted by molar-refractivity contribution is 6.08. The number of carbonyl (C=O) groups is 1. The third-order valence-corrected chi connectivity index (χ3v) is 3.24. The van der Waals surface area contributed by atoms with Crippen molar-refractivity contribution >= 4 is 11.6 Å². The first-order valence-electron chi connectivity index (χ1n) is 5.95. The summed E-state index contributed by atoms with van der Waals surface area (Å²) in [6, 6.07) is 6.11. The van der Waals surface area contributed by atoms with Crippen LogP contribution in [0.3, 0.4) is 0 Å². The molecule has 0 aromatic heterocycles. The number of hydrogen-bond acceptors (Lipinski definition) is 3. The van der Waals surface area contributed by atoms with E-state index >= 15 is 0 Å². The number of hydrogen-bond donors (Lipinski definition) is 0. The van der Waals surface area contributed by atoms with Gasteiger partial charge in [0.15, 0.2) is 0 Å². The van der Waals surface area contributed by atoms with Crippen molar-refractivity contribution in [1.29, 1.82) is 0 Å². The molecule has 1 amide bonds. The van der Waals surface area contributed by atoms with Crippen LogP contribution in [0.4, 0.5) is 4.39 Å². The van der Waals surface area contributed by atoms with Crippen molar-refractivity contribution in [2.24, 2.45) is 11.0 Å². The molecule has 2 aliphatic heterocycles. The third-order valence-electron chi connectivity index (χ3n) is 3.24. The number of hydrazone groups is 1. The Morgan fingerprint density at radius 1 is 1.39 bits per heavy atom. The molecule has 1 atom stereocenters. The molecule has 94 valence electrons. The van der Waals surface area contributed by atoms with E-state index in [9.17, 15) is 9.18 Å². The smallest absolute Gasteiger partial charge is 0.254 e. The summed E-state index contributed by atoms with van der Waals surface area (Å²) in [5, 5.41) is 5.80. The standard InChI is InChI=1S/C13H13FN2O2/c14-10-3-1-9(2-4-10)7-16-13(17)11-8-18-6-5-12(11)15-16/h1-4,11H,5-8H2. The Morgan fingerprint density at radius 3 is 2.89 bits per heavy atom. The molecule has 0 radical (unpaired) electrons. The van der Waals surface area contributed by atoms with Crippen molar-refractivity contribution in [3.05, 3.63) is 35.6 Å². The molecule has 0 spiro atoms. The van der Waals surface area contributed by atoms with Crippen LogP contribution in [-0.4, -0.2) is 29.8 Å². The first kappa shape index (κ1) is 11.3. The van der Waals surface area contributed by atoms with Gasteiger partial charge in [0.25, 0.3) is 5.91 Å². The van der Waals surface area contributed by atoms with Crippen LogP contribution in [0.5, 0.6) is 0 Å². The lowest BCUT2D eigenvalue weighted by Gasteiger charge is -2.17. The number of ether oxygens (including phenoxy) is 1. The largest absolute Gasteiger partial charge is 0.380 e. The summed E-state index contributed by atoms with van der Waals surface area (Å²) in [7, 11) is 0. The Balaban J connectivity index is 1.75. The van der Waals surface area contributed by atoms with Crippen molar-refractivity contribution in [1.82, 2.24) is 5.01 Å². The Hall–Kier alpha value is -1.75. The van der Waals surface area contributed by atoms with Crippen LogP contribution in [0.25, 0.3) is 0 Å². The second-order valence-corrected chi connectivity index (χ2v) is 4.49. The second-order valence-electron chi connectivity index (χ2n) is 4.49.